The van der Waals surface area contributed by atoms with Crippen molar-refractivity contribution in [3.63, 3.8) is 0 Å². The molecule has 2 heterocycles. The summed E-state index contributed by atoms with van der Waals surface area (Å²) < 4.78 is 5.79. The fourth-order valence-corrected chi connectivity index (χ4v) is 5.08. The number of rotatable bonds is 3. The van der Waals surface area contributed by atoms with Crippen LogP contribution in [0.25, 0.3) is 0 Å². The molecule has 0 bridgehead atoms. The Hall–Kier alpha value is -3.08. The van der Waals surface area contributed by atoms with E-state index in [1.807, 2.05) is 0 Å². The van der Waals surface area contributed by atoms with Gasteiger partial charge in [-0.2, -0.15) is 5.26 Å². The van der Waals surface area contributed by atoms with Crippen LogP contribution in [0.1, 0.15) is 17.5 Å². The molecule has 166 valence electrons. The van der Waals surface area contributed by atoms with Gasteiger partial charge < -0.3 is 9.84 Å². The molecule has 0 radical (unpaired) electrons. The number of nitriles is 1. The van der Waals surface area contributed by atoms with E-state index >= 15 is 0 Å². The maximum atomic E-state index is 14.1. The normalized spacial score (nSPS) is 24.5. The second-order valence-corrected chi connectivity index (χ2v) is 8.98. The smallest absolute Gasteiger partial charge is 0.332 e. The minimum absolute atomic E-state index is 0.110. The van der Waals surface area contributed by atoms with Crippen LogP contribution in [0.15, 0.2) is 72.8 Å². The highest BCUT2D eigenvalue weighted by atomic mass is 35.5. The molecule has 2 fully saturated rings. The van der Waals surface area contributed by atoms with Crippen LogP contribution < -0.4 is 9.80 Å². The predicted molar refractivity (Wildman–Crippen MR) is 126 cm³/mol. The third-order valence-corrected chi connectivity index (χ3v) is 6.85. The molecule has 2 atom stereocenters. The minimum Gasteiger partial charge on any atom is -0.379 e. The average Bonchev–Trinajstić information content (AvgIpc) is 3.39. The van der Waals surface area contributed by atoms with Gasteiger partial charge in [-0.1, -0.05) is 35.3 Å². The van der Waals surface area contributed by atoms with Crippen molar-refractivity contribution in [3.05, 3.63) is 94.0 Å². The second-order valence-electron chi connectivity index (χ2n) is 8.11. The van der Waals surface area contributed by atoms with Crippen LogP contribution in [0.2, 0.25) is 10.0 Å². The van der Waals surface area contributed by atoms with Gasteiger partial charge in [0, 0.05) is 40.0 Å². The molecule has 33 heavy (non-hydrogen) atoms. The summed E-state index contributed by atoms with van der Waals surface area (Å²) in [4.78, 5) is 17.0. The highest BCUT2D eigenvalue weighted by Crippen LogP contribution is 2.54. The summed E-state index contributed by atoms with van der Waals surface area (Å²) in [5.41, 5.74) is -1.12. The van der Waals surface area contributed by atoms with E-state index in [0.717, 1.165) is 0 Å². The first-order valence-corrected chi connectivity index (χ1v) is 11.1. The summed E-state index contributed by atoms with van der Waals surface area (Å²) in [5, 5.41) is 23.1. The van der Waals surface area contributed by atoms with E-state index in [1.165, 1.54) is 4.90 Å². The number of nitrogens with zero attached hydrogens (tertiary/aromatic N) is 3. The Bertz CT molecular complexity index is 1250. The zero-order valence-electron chi connectivity index (χ0n) is 17.4. The molecule has 5 rings (SSSR count). The first-order valence-electron chi connectivity index (χ1n) is 10.4. The fourth-order valence-electron chi connectivity index (χ4n) is 4.83. The maximum absolute atomic E-state index is 14.1. The highest BCUT2D eigenvalue weighted by Gasteiger charge is 2.69. The van der Waals surface area contributed by atoms with Crippen LogP contribution in [-0.2, 0) is 10.5 Å². The largest absolute Gasteiger partial charge is 0.379 e. The van der Waals surface area contributed by atoms with Crippen molar-refractivity contribution in [3.8, 4) is 6.07 Å². The van der Waals surface area contributed by atoms with Crippen molar-refractivity contribution >= 4 is 40.6 Å². The molecule has 1 unspecified atom stereocenters. The first kappa shape index (κ1) is 21.7. The van der Waals surface area contributed by atoms with E-state index < -0.39 is 17.3 Å². The van der Waals surface area contributed by atoms with Gasteiger partial charge >= 0.3 is 6.03 Å². The predicted octanol–water partition coefficient (Wildman–Crippen LogP) is 5.32. The van der Waals surface area contributed by atoms with E-state index in [9.17, 15) is 15.2 Å². The molecule has 0 aliphatic carbocycles. The van der Waals surface area contributed by atoms with Gasteiger partial charge in [-0.05, 0) is 60.7 Å². The highest BCUT2D eigenvalue weighted by molar-refractivity contribution is 6.31. The molecule has 6 nitrogen and oxygen atoms in total. The van der Waals surface area contributed by atoms with Gasteiger partial charge in [-0.15, -0.1) is 0 Å². The number of amides is 2. The SMILES string of the molecule is N#Cc1cccc(C2(O)N(c3ccc(Cl)cc3)C(=O)N(c3ccc(Cl)cc3)[C@]23CCOC3)c1. The fraction of sp³-hybridized carbons (Fsp3) is 0.200. The number of ether oxygens (including phenoxy) is 1. The van der Waals surface area contributed by atoms with E-state index in [-0.39, 0.29) is 6.61 Å². The van der Waals surface area contributed by atoms with Crippen molar-refractivity contribution in [2.75, 3.05) is 23.0 Å². The molecule has 1 spiro atoms. The molecule has 2 saturated heterocycles. The number of hydrogen-bond acceptors (Lipinski definition) is 4. The number of hydrogen-bond donors (Lipinski definition) is 1. The number of halogens is 2. The standard InChI is InChI=1S/C25H19Cl2N3O3/c26-19-4-8-21(9-5-19)29-23(31)30(22-10-6-20(27)7-11-22)25(32,24(29)12-13-33-16-24)18-3-1-2-17(14-18)15-28/h1-11,14,32H,12-13,16H2/t24-,25?/m0/s1. The van der Waals surface area contributed by atoms with Crippen LogP contribution in [0.3, 0.4) is 0 Å². The Labute approximate surface area is 201 Å². The molecule has 3 aromatic carbocycles. The van der Waals surface area contributed by atoms with E-state index in [1.54, 1.807) is 77.7 Å². The van der Waals surface area contributed by atoms with Crippen LogP contribution in [0, 0.1) is 11.3 Å². The lowest BCUT2D eigenvalue weighted by Crippen LogP contribution is -2.60. The topological polar surface area (TPSA) is 76.8 Å². The van der Waals surface area contributed by atoms with Gasteiger partial charge in [0.25, 0.3) is 0 Å². The Morgan fingerprint density at radius 1 is 0.939 bits per heavy atom. The van der Waals surface area contributed by atoms with Crippen LogP contribution in [0.5, 0.6) is 0 Å². The van der Waals surface area contributed by atoms with Crippen molar-refractivity contribution < 1.29 is 14.6 Å². The van der Waals surface area contributed by atoms with Gasteiger partial charge in [-0.25, -0.2) is 4.79 Å². The van der Waals surface area contributed by atoms with Crippen LogP contribution in [0.4, 0.5) is 16.2 Å². The second kappa shape index (κ2) is 8.05. The van der Waals surface area contributed by atoms with Crippen molar-refractivity contribution in [2.45, 2.75) is 17.7 Å². The van der Waals surface area contributed by atoms with Gasteiger partial charge in [0.2, 0.25) is 0 Å². The third-order valence-electron chi connectivity index (χ3n) is 6.35. The molecular weight excluding hydrogens is 461 g/mol. The monoisotopic (exact) mass is 479 g/mol. The summed E-state index contributed by atoms with van der Waals surface area (Å²) in [5.74, 6) is 0. The molecule has 1 N–H and O–H groups in total. The van der Waals surface area contributed by atoms with Crippen LogP contribution >= 0.6 is 23.2 Å². The summed E-state index contributed by atoms with van der Waals surface area (Å²) >= 11 is 12.2. The minimum atomic E-state index is -1.83. The quantitative estimate of drug-likeness (QED) is 0.551. The Morgan fingerprint density at radius 2 is 1.55 bits per heavy atom. The lowest BCUT2D eigenvalue weighted by atomic mass is 9.79. The number of aliphatic hydroxyl groups is 1. The lowest BCUT2D eigenvalue weighted by Gasteiger charge is -2.44. The summed E-state index contributed by atoms with van der Waals surface area (Å²) in [6.45, 7) is 0.477. The zero-order chi connectivity index (χ0) is 23.2. The number of benzene rings is 3. The molecule has 0 saturated carbocycles. The maximum Gasteiger partial charge on any atom is 0.332 e. The number of carbonyl (C=O) groups is 1. The van der Waals surface area contributed by atoms with Crippen LogP contribution in [-0.4, -0.2) is 29.9 Å². The van der Waals surface area contributed by atoms with E-state index in [0.29, 0.717) is 45.6 Å². The zero-order valence-corrected chi connectivity index (χ0v) is 18.9. The number of anilines is 2. The molecule has 2 amide bonds. The number of urea groups is 1. The Kier molecular flexibility index (Phi) is 5.31. The lowest BCUT2D eigenvalue weighted by molar-refractivity contribution is -0.0212. The Balaban J connectivity index is 1.80. The summed E-state index contributed by atoms with van der Waals surface area (Å²) in [7, 11) is 0. The van der Waals surface area contributed by atoms with Crippen molar-refractivity contribution in [1.29, 1.82) is 5.26 Å². The molecule has 3 aromatic rings. The first-order chi connectivity index (χ1) is 15.9. The Morgan fingerprint density at radius 3 is 2.09 bits per heavy atom. The molecule has 0 aromatic heterocycles. The van der Waals surface area contributed by atoms with Gasteiger partial charge in [0.05, 0.1) is 18.2 Å². The molecule has 8 heteroatoms. The average molecular weight is 480 g/mol. The van der Waals surface area contributed by atoms with Gasteiger partial charge in [0.15, 0.2) is 5.72 Å². The summed E-state index contributed by atoms with van der Waals surface area (Å²) in [6, 6.07) is 22.0. The van der Waals surface area contributed by atoms with Crippen molar-refractivity contribution in [1.82, 2.24) is 0 Å². The van der Waals surface area contributed by atoms with Gasteiger partial charge in [-0.3, -0.25) is 9.80 Å². The third kappa shape index (κ3) is 3.20. The molecular formula is C25H19Cl2N3O3. The number of carbonyl (C=O) groups excluding carboxylic acids is 1. The summed E-state index contributed by atoms with van der Waals surface area (Å²) in [6.07, 6.45) is 0.388. The van der Waals surface area contributed by atoms with E-state index in [2.05, 4.69) is 6.07 Å². The van der Waals surface area contributed by atoms with Gasteiger partial charge in [0.1, 0.15) is 5.54 Å². The molecule has 2 aliphatic rings. The van der Waals surface area contributed by atoms with Crippen molar-refractivity contribution in [2.24, 2.45) is 0 Å². The van der Waals surface area contributed by atoms with E-state index in [4.69, 9.17) is 27.9 Å². The molecule has 2 aliphatic heterocycles.